The Morgan fingerprint density at radius 1 is 1.32 bits per heavy atom. The molecule has 2 aliphatic rings. The van der Waals surface area contributed by atoms with Crippen molar-refractivity contribution >= 4 is 0 Å². The lowest BCUT2D eigenvalue weighted by Crippen LogP contribution is -2.45. The number of rotatable bonds is 3. The van der Waals surface area contributed by atoms with Crippen LogP contribution in [0.4, 0.5) is 0 Å². The number of likely N-dealkylation sites (N-methyl/N-ethyl adjacent to an activating group) is 1. The van der Waals surface area contributed by atoms with Gasteiger partial charge in [0.1, 0.15) is 5.69 Å². The van der Waals surface area contributed by atoms with Gasteiger partial charge in [0, 0.05) is 23.6 Å². The van der Waals surface area contributed by atoms with Gasteiger partial charge >= 0.3 is 0 Å². The number of ether oxygens (including phenoxy) is 1. The Bertz CT molecular complexity index is 813. The molecule has 130 valence electrons. The van der Waals surface area contributed by atoms with E-state index in [4.69, 9.17) is 4.74 Å². The van der Waals surface area contributed by atoms with Crippen LogP contribution in [0.25, 0.3) is 11.3 Å². The number of benzene rings is 1. The van der Waals surface area contributed by atoms with Crippen molar-refractivity contribution in [1.82, 2.24) is 19.9 Å². The minimum Gasteiger partial charge on any atom is -0.378 e. The van der Waals surface area contributed by atoms with E-state index in [1.54, 1.807) is 0 Å². The molecular formula is C20H24N4O. The molecule has 2 aromatic rings. The van der Waals surface area contributed by atoms with Gasteiger partial charge in [0.2, 0.25) is 0 Å². The van der Waals surface area contributed by atoms with E-state index in [0.29, 0.717) is 12.0 Å². The molecule has 0 N–H and O–H groups in total. The predicted octanol–water partition coefficient (Wildman–Crippen LogP) is 2.35. The normalized spacial score (nSPS) is 21.0. The van der Waals surface area contributed by atoms with Gasteiger partial charge in [-0.3, -0.25) is 9.58 Å². The van der Waals surface area contributed by atoms with Gasteiger partial charge in [-0.15, -0.1) is 5.10 Å². The molecule has 1 aliphatic carbocycles. The zero-order valence-electron chi connectivity index (χ0n) is 14.9. The number of aromatic nitrogens is 3. The lowest BCUT2D eigenvalue weighted by molar-refractivity contribution is -0.00159. The van der Waals surface area contributed by atoms with Crippen molar-refractivity contribution in [2.75, 3.05) is 26.8 Å². The standard InChI is InChI=1S/C20H24N4O/c1-15-11-17(6-5-16-3-4-16)7-8-19(15)20-13-24(22-21-20)12-18-14-25-10-9-23(18)2/h7-8,11,13,16,18H,3-4,9-10,12,14H2,1-2H3. The molecule has 2 fully saturated rings. The Morgan fingerprint density at radius 2 is 2.20 bits per heavy atom. The summed E-state index contributed by atoms with van der Waals surface area (Å²) < 4.78 is 7.50. The second-order valence-corrected chi connectivity index (χ2v) is 7.11. The molecule has 1 atom stereocenters. The maximum absolute atomic E-state index is 5.58. The van der Waals surface area contributed by atoms with Crippen molar-refractivity contribution in [3.05, 3.63) is 35.5 Å². The predicted molar refractivity (Wildman–Crippen MR) is 97.0 cm³/mol. The number of nitrogens with zero attached hydrogens (tertiary/aromatic N) is 4. The van der Waals surface area contributed by atoms with Gasteiger partial charge in [0.15, 0.2) is 0 Å². The van der Waals surface area contributed by atoms with Crippen LogP contribution in [0.3, 0.4) is 0 Å². The van der Waals surface area contributed by atoms with Crippen molar-refractivity contribution in [2.24, 2.45) is 5.92 Å². The Hall–Kier alpha value is -2.16. The van der Waals surface area contributed by atoms with Gasteiger partial charge in [0.25, 0.3) is 0 Å². The molecule has 0 spiro atoms. The molecule has 1 unspecified atom stereocenters. The quantitative estimate of drug-likeness (QED) is 0.807. The highest BCUT2D eigenvalue weighted by atomic mass is 16.5. The molecular weight excluding hydrogens is 312 g/mol. The van der Waals surface area contributed by atoms with Crippen molar-refractivity contribution in [1.29, 1.82) is 0 Å². The molecule has 1 saturated carbocycles. The summed E-state index contributed by atoms with van der Waals surface area (Å²) in [4.78, 5) is 2.32. The van der Waals surface area contributed by atoms with Gasteiger partial charge < -0.3 is 4.74 Å². The maximum Gasteiger partial charge on any atom is 0.113 e. The second kappa shape index (κ2) is 6.99. The van der Waals surface area contributed by atoms with Gasteiger partial charge in [-0.25, -0.2) is 0 Å². The minimum atomic E-state index is 0.351. The van der Waals surface area contributed by atoms with Crippen LogP contribution in [0.2, 0.25) is 0 Å². The van der Waals surface area contributed by atoms with E-state index in [-0.39, 0.29) is 0 Å². The third kappa shape index (κ3) is 3.92. The molecule has 1 aromatic heterocycles. The fourth-order valence-corrected chi connectivity index (χ4v) is 3.10. The average molecular weight is 336 g/mol. The molecule has 1 aromatic carbocycles. The van der Waals surface area contributed by atoms with Crippen LogP contribution in [-0.4, -0.2) is 52.7 Å². The number of hydrogen-bond donors (Lipinski definition) is 0. The molecule has 0 radical (unpaired) electrons. The number of hydrogen-bond acceptors (Lipinski definition) is 4. The Labute approximate surface area is 149 Å². The Balaban J connectivity index is 1.48. The van der Waals surface area contributed by atoms with Gasteiger partial charge in [0.05, 0.1) is 32.0 Å². The zero-order valence-corrected chi connectivity index (χ0v) is 14.9. The van der Waals surface area contributed by atoms with Crippen LogP contribution in [-0.2, 0) is 11.3 Å². The molecule has 1 saturated heterocycles. The summed E-state index contributed by atoms with van der Waals surface area (Å²) in [6.45, 7) is 5.44. The Kier molecular flexibility index (Phi) is 4.56. The van der Waals surface area contributed by atoms with E-state index in [1.807, 2.05) is 10.9 Å². The maximum atomic E-state index is 5.58. The minimum absolute atomic E-state index is 0.351. The van der Waals surface area contributed by atoms with Crippen LogP contribution in [0.15, 0.2) is 24.4 Å². The monoisotopic (exact) mass is 336 g/mol. The zero-order chi connectivity index (χ0) is 17.2. The fraction of sp³-hybridized carbons (Fsp3) is 0.500. The summed E-state index contributed by atoms with van der Waals surface area (Å²) >= 11 is 0. The van der Waals surface area contributed by atoms with Crippen LogP contribution < -0.4 is 0 Å². The summed E-state index contributed by atoms with van der Waals surface area (Å²) in [6, 6.07) is 6.69. The molecule has 0 bridgehead atoms. The van der Waals surface area contributed by atoms with E-state index in [2.05, 4.69) is 59.2 Å². The second-order valence-electron chi connectivity index (χ2n) is 7.11. The summed E-state index contributed by atoms with van der Waals surface area (Å²) in [5, 5.41) is 8.68. The highest BCUT2D eigenvalue weighted by Gasteiger charge is 2.21. The van der Waals surface area contributed by atoms with E-state index < -0.39 is 0 Å². The van der Waals surface area contributed by atoms with Crippen molar-refractivity contribution in [3.63, 3.8) is 0 Å². The summed E-state index contributed by atoms with van der Waals surface area (Å²) in [7, 11) is 2.14. The SMILES string of the molecule is Cc1cc(C#CC2CC2)ccc1-c1cn(CC2COCCN2C)nn1. The lowest BCUT2D eigenvalue weighted by Gasteiger charge is -2.31. The van der Waals surface area contributed by atoms with Gasteiger partial charge in [-0.05, 0) is 44.5 Å². The fourth-order valence-electron chi connectivity index (χ4n) is 3.10. The summed E-state index contributed by atoms with van der Waals surface area (Å²) in [6.07, 6.45) is 4.54. The molecule has 5 nitrogen and oxygen atoms in total. The molecule has 5 heteroatoms. The van der Waals surface area contributed by atoms with Crippen LogP contribution >= 0.6 is 0 Å². The molecule has 25 heavy (non-hydrogen) atoms. The smallest absolute Gasteiger partial charge is 0.113 e. The molecule has 4 rings (SSSR count). The summed E-state index contributed by atoms with van der Waals surface area (Å²) in [5.74, 6) is 7.22. The molecule has 0 amide bonds. The number of aryl methyl sites for hydroxylation is 1. The van der Waals surface area contributed by atoms with E-state index >= 15 is 0 Å². The third-order valence-electron chi connectivity index (χ3n) is 4.96. The lowest BCUT2D eigenvalue weighted by atomic mass is 10.0. The largest absolute Gasteiger partial charge is 0.378 e. The first-order valence-electron chi connectivity index (χ1n) is 9.00. The third-order valence-corrected chi connectivity index (χ3v) is 4.96. The average Bonchev–Trinajstić information content (AvgIpc) is 3.33. The van der Waals surface area contributed by atoms with Crippen LogP contribution in [0.5, 0.6) is 0 Å². The highest BCUT2D eigenvalue weighted by molar-refractivity contribution is 5.64. The molecule has 2 heterocycles. The van der Waals surface area contributed by atoms with E-state index in [1.165, 1.54) is 18.4 Å². The van der Waals surface area contributed by atoms with Crippen molar-refractivity contribution < 1.29 is 4.74 Å². The Morgan fingerprint density at radius 3 is 2.96 bits per heavy atom. The van der Waals surface area contributed by atoms with Crippen LogP contribution in [0, 0.1) is 24.7 Å². The topological polar surface area (TPSA) is 43.2 Å². The van der Waals surface area contributed by atoms with E-state index in [0.717, 1.165) is 43.1 Å². The first kappa shape index (κ1) is 16.3. The molecule has 1 aliphatic heterocycles. The van der Waals surface area contributed by atoms with Gasteiger partial charge in [-0.2, -0.15) is 0 Å². The summed E-state index contributed by atoms with van der Waals surface area (Å²) in [5.41, 5.74) is 4.31. The number of morpholine rings is 1. The first-order valence-corrected chi connectivity index (χ1v) is 9.00. The van der Waals surface area contributed by atoms with E-state index in [9.17, 15) is 0 Å². The van der Waals surface area contributed by atoms with Crippen molar-refractivity contribution in [2.45, 2.75) is 32.4 Å². The highest BCUT2D eigenvalue weighted by Crippen LogP contribution is 2.28. The first-order chi connectivity index (χ1) is 12.2. The van der Waals surface area contributed by atoms with Crippen molar-refractivity contribution in [3.8, 4) is 23.1 Å². The van der Waals surface area contributed by atoms with Crippen LogP contribution in [0.1, 0.15) is 24.0 Å². The van der Waals surface area contributed by atoms with Gasteiger partial charge in [-0.1, -0.05) is 23.1 Å².